The van der Waals surface area contributed by atoms with E-state index in [1.807, 2.05) is 49.4 Å². The van der Waals surface area contributed by atoms with Crippen LogP contribution in [0.15, 0.2) is 42.5 Å². The molecule has 0 bridgehead atoms. The van der Waals surface area contributed by atoms with E-state index < -0.39 is 18.0 Å². The number of hydrogen-bond donors (Lipinski definition) is 3. The van der Waals surface area contributed by atoms with Crippen LogP contribution in [0.25, 0.3) is 10.8 Å². The van der Waals surface area contributed by atoms with E-state index in [1.54, 1.807) is 13.8 Å². The lowest BCUT2D eigenvalue weighted by atomic mass is 10.0. The van der Waals surface area contributed by atoms with Crippen molar-refractivity contribution in [3.05, 3.63) is 48.0 Å². The molecule has 3 N–H and O–H groups in total. The van der Waals surface area contributed by atoms with E-state index in [-0.39, 0.29) is 18.2 Å². The van der Waals surface area contributed by atoms with Crippen molar-refractivity contribution in [3.63, 3.8) is 0 Å². The Kier molecular flexibility index (Phi) is 6.72. The average Bonchev–Trinajstić information content (AvgIpc) is 2.62. The van der Waals surface area contributed by atoms with Crippen molar-refractivity contribution in [2.24, 2.45) is 0 Å². The van der Waals surface area contributed by atoms with Crippen LogP contribution in [0.1, 0.15) is 26.3 Å². The highest BCUT2D eigenvalue weighted by atomic mass is 16.2. The van der Waals surface area contributed by atoms with Gasteiger partial charge in [-0.1, -0.05) is 42.5 Å². The van der Waals surface area contributed by atoms with Gasteiger partial charge >= 0.3 is 0 Å². The van der Waals surface area contributed by atoms with E-state index >= 15 is 0 Å². The minimum absolute atomic E-state index is 0.185. The van der Waals surface area contributed by atoms with Gasteiger partial charge in [0.05, 0.1) is 6.42 Å². The summed E-state index contributed by atoms with van der Waals surface area (Å²) in [4.78, 5) is 36.2. The van der Waals surface area contributed by atoms with Gasteiger partial charge in [0.1, 0.15) is 12.1 Å². The fourth-order valence-corrected chi connectivity index (χ4v) is 2.71. The second-order valence-corrected chi connectivity index (χ2v) is 6.23. The Hall–Kier alpha value is -2.89. The van der Waals surface area contributed by atoms with E-state index in [4.69, 9.17) is 0 Å². The first-order chi connectivity index (χ1) is 12.4. The van der Waals surface area contributed by atoms with Crippen molar-refractivity contribution in [2.75, 3.05) is 6.54 Å². The highest BCUT2D eigenvalue weighted by Crippen LogP contribution is 2.18. The summed E-state index contributed by atoms with van der Waals surface area (Å²) in [5, 5.41) is 10.0. The van der Waals surface area contributed by atoms with Crippen LogP contribution in [0, 0.1) is 0 Å². The Labute approximate surface area is 153 Å². The lowest BCUT2D eigenvalue weighted by Crippen LogP contribution is -2.51. The predicted molar refractivity (Wildman–Crippen MR) is 102 cm³/mol. The van der Waals surface area contributed by atoms with Crippen molar-refractivity contribution in [1.29, 1.82) is 0 Å². The number of nitrogens with one attached hydrogen (secondary N) is 3. The van der Waals surface area contributed by atoms with Crippen molar-refractivity contribution in [2.45, 2.75) is 39.3 Å². The molecule has 0 radical (unpaired) electrons. The molecule has 2 aromatic rings. The smallest absolute Gasteiger partial charge is 0.242 e. The van der Waals surface area contributed by atoms with Crippen LogP contribution in [0.5, 0.6) is 0 Å². The van der Waals surface area contributed by atoms with Crippen molar-refractivity contribution >= 4 is 28.5 Å². The Morgan fingerprint density at radius 2 is 1.54 bits per heavy atom. The molecule has 0 heterocycles. The van der Waals surface area contributed by atoms with Crippen LogP contribution in [0.2, 0.25) is 0 Å². The third-order valence-corrected chi connectivity index (χ3v) is 4.10. The summed E-state index contributed by atoms with van der Waals surface area (Å²) < 4.78 is 0. The molecule has 26 heavy (non-hydrogen) atoms. The number of hydrogen-bond acceptors (Lipinski definition) is 3. The van der Waals surface area contributed by atoms with Crippen LogP contribution >= 0.6 is 0 Å². The number of benzene rings is 2. The Morgan fingerprint density at radius 1 is 0.885 bits per heavy atom. The van der Waals surface area contributed by atoms with Crippen LogP contribution in [-0.4, -0.2) is 36.3 Å². The molecule has 0 aliphatic carbocycles. The van der Waals surface area contributed by atoms with E-state index in [1.165, 1.54) is 0 Å². The quantitative estimate of drug-likeness (QED) is 0.704. The van der Waals surface area contributed by atoms with Gasteiger partial charge in [0.2, 0.25) is 17.7 Å². The van der Waals surface area contributed by atoms with Gasteiger partial charge in [-0.05, 0) is 37.1 Å². The SMILES string of the molecule is CCNC(=O)C(C)NC(=O)C(C)NC(=O)Cc1cccc2ccccc12. The molecule has 6 nitrogen and oxygen atoms in total. The second-order valence-electron chi connectivity index (χ2n) is 6.23. The van der Waals surface area contributed by atoms with Gasteiger partial charge in [-0.2, -0.15) is 0 Å². The summed E-state index contributed by atoms with van der Waals surface area (Å²) in [5.41, 5.74) is 0.906. The molecule has 2 aromatic carbocycles. The second kappa shape index (κ2) is 8.99. The largest absolute Gasteiger partial charge is 0.355 e. The molecular weight excluding hydrogens is 330 g/mol. The van der Waals surface area contributed by atoms with E-state index in [2.05, 4.69) is 16.0 Å². The van der Waals surface area contributed by atoms with Gasteiger partial charge in [0.15, 0.2) is 0 Å². The first kappa shape index (κ1) is 19.4. The van der Waals surface area contributed by atoms with Gasteiger partial charge in [-0.3, -0.25) is 14.4 Å². The molecule has 2 rings (SSSR count). The number of carbonyl (C=O) groups is 3. The zero-order valence-electron chi connectivity index (χ0n) is 15.3. The molecule has 3 amide bonds. The van der Waals surface area contributed by atoms with Gasteiger partial charge in [0, 0.05) is 6.54 Å². The molecule has 0 saturated heterocycles. The van der Waals surface area contributed by atoms with Crippen LogP contribution < -0.4 is 16.0 Å². The van der Waals surface area contributed by atoms with Crippen LogP contribution in [-0.2, 0) is 20.8 Å². The zero-order chi connectivity index (χ0) is 19.1. The summed E-state index contributed by atoms with van der Waals surface area (Å²) in [6.45, 7) is 5.51. The van der Waals surface area contributed by atoms with Gasteiger partial charge in [0.25, 0.3) is 0 Å². The highest BCUT2D eigenvalue weighted by molar-refractivity contribution is 5.94. The first-order valence-corrected chi connectivity index (χ1v) is 8.76. The predicted octanol–water partition coefficient (Wildman–Crippen LogP) is 1.53. The monoisotopic (exact) mass is 355 g/mol. The maximum Gasteiger partial charge on any atom is 0.242 e. The number of amides is 3. The van der Waals surface area contributed by atoms with Crippen molar-refractivity contribution < 1.29 is 14.4 Å². The van der Waals surface area contributed by atoms with Gasteiger partial charge < -0.3 is 16.0 Å². The van der Waals surface area contributed by atoms with E-state index in [0.717, 1.165) is 16.3 Å². The van der Waals surface area contributed by atoms with E-state index in [9.17, 15) is 14.4 Å². The molecule has 0 saturated carbocycles. The Morgan fingerprint density at radius 3 is 2.27 bits per heavy atom. The molecule has 0 fully saturated rings. The fourth-order valence-electron chi connectivity index (χ4n) is 2.71. The van der Waals surface area contributed by atoms with Gasteiger partial charge in [-0.15, -0.1) is 0 Å². The average molecular weight is 355 g/mol. The van der Waals surface area contributed by atoms with Crippen LogP contribution in [0.4, 0.5) is 0 Å². The van der Waals surface area contributed by atoms with Crippen molar-refractivity contribution in [3.8, 4) is 0 Å². The van der Waals surface area contributed by atoms with E-state index in [0.29, 0.717) is 6.54 Å². The highest BCUT2D eigenvalue weighted by Gasteiger charge is 2.20. The minimum Gasteiger partial charge on any atom is -0.355 e. The number of likely N-dealkylation sites (N-methyl/N-ethyl adjacent to an activating group) is 1. The summed E-state index contributed by atoms with van der Waals surface area (Å²) in [6.07, 6.45) is 0.185. The topological polar surface area (TPSA) is 87.3 Å². The maximum atomic E-state index is 12.3. The normalized spacial score (nSPS) is 12.9. The summed E-state index contributed by atoms with van der Waals surface area (Å²) >= 11 is 0. The summed E-state index contributed by atoms with van der Waals surface area (Å²) in [7, 11) is 0. The van der Waals surface area contributed by atoms with Gasteiger partial charge in [-0.25, -0.2) is 0 Å². The number of rotatable bonds is 7. The molecule has 0 aliphatic heterocycles. The molecule has 0 aromatic heterocycles. The number of fused-ring (bicyclic) bond motifs is 1. The molecule has 0 spiro atoms. The molecule has 2 atom stereocenters. The molecule has 138 valence electrons. The Balaban J connectivity index is 1.94. The molecule has 6 heteroatoms. The molecular formula is C20H25N3O3. The lowest BCUT2D eigenvalue weighted by Gasteiger charge is -2.18. The third-order valence-electron chi connectivity index (χ3n) is 4.10. The third kappa shape index (κ3) is 5.05. The van der Waals surface area contributed by atoms with Crippen LogP contribution in [0.3, 0.4) is 0 Å². The molecule has 0 aliphatic rings. The lowest BCUT2D eigenvalue weighted by molar-refractivity contribution is -0.131. The summed E-state index contributed by atoms with van der Waals surface area (Å²) in [5.74, 6) is -0.889. The number of carbonyl (C=O) groups excluding carboxylic acids is 3. The van der Waals surface area contributed by atoms with Crippen molar-refractivity contribution in [1.82, 2.24) is 16.0 Å². The Bertz CT molecular complexity index is 798. The standard InChI is InChI=1S/C20H25N3O3/c1-4-21-19(25)13(2)23-20(26)14(3)22-18(24)12-16-10-7-9-15-8-5-6-11-17(15)16/h5-11,13-14H,4,12H2,1-3H3,(H,21,25)(H,22,24)(H,23,26). The fraction of sp³-hybridized carbons (Fsp3) is 0.350. The molecule has 2 unspecified atom stereocenters. The minimum atomic E-state index is -0.727. The first-order valence-electron chi connectivity index (χ1n) is 8.76. The zero-order valence-corrected chi connectivity index (χ0v) is 15.3. The summed E-state index contributed by atoms with van der Waals surface area (Å²) in [6, 6.07) is 12.3. The maximum absolute atomic E-state index is 12.3.